The van der Waals surface area contributed by atoms with Gasteiger partial charge in [0.25, 0.3) is 0 Å². The van der Waals surface area contributed by atoms with Crippen molar-refractivity contribution in [1.29, 1.82) is 0 Å². The van der Waals surface area contributed by atoms with Crippen molar-refractivity contribution in [2.75, 3.05) is 7.05 Å². The number of hydrogen-bond acceptors (Lipinski definition) is 4. The van der Waals surface area contributed by atoms with Crippen LogP contribution in [0.5, 0.6) is 0 Å². The van der Waals surface area contributed by atoms with Gasteiger partial charge in [-0.15, -0.1) is 0 Å². The molecule has 0 saturated carbocycles. The highest BCUT2D eigenvalue weighted by Crippen LogP contribution is 2.17. The van der Waals surface area contributed by atoms with E-state index in [0.717, 1.165) is 0 Å². The molecule has 1 aliphatic heterocycles. The van der Waals surface area contributed by atoms with E-state index in [-0.39, 0.29) is 12.1 Å². The lowest BCUT2D eigenvalue weighted by atomic mass is 10.0. The van der Waals surface area contributed by atoms with Crippen LogP contribution in [0.3, 0.4) is 0 Å². The molecule has 0 aromatic carbocycles. The highest BCUT2D eigenvalue weighted by Gasteiger charge is 2.33. The van der Waals surface area contributed by atoms with Crippen LogP contribution in [0, 0.1) is 0 Å². The monoisotopic (exact) mass is 161 g/mol. The van der Waals surface area contributed by atoms with Gasteiger partial charge in [0.15, 0.2) is 6.29 Å². The van der Waals surface area contributed by atoms with Gasteiger partial charge in [-0.3, -0.25) is 0 Å². The number of ether oxygens (including phenoxy) is 1. The second-order valence-corrected chi connectivity index (χ2v) is 2.92. The summed E-state index contributed by atoms with van der Waals surface area (Å²) in [5.41, 5.74) is 0. The third-order valence-corrected chi connectivity index (χ3v) is 2.09. The number of aliphatic hydroxyl groups excluding tert-OH is 2. The molecule has 66 valence electrons. The van der Waals surface area contributed by atoms with E-state index in [1.807, 2.05) is 0 Å². The van der Waals surface area contributed by atoms with Crippen molar-refractivity contribution in [2.24, 2.45) is 0 Å². The third kappa shape index (κ3) is 1.90. The first-order valence-corrected chi connectivity index (χ1v) is 3.84. The zero-order valence-electron chi connectivity index (χ0n) is 6.82. The summed E-state index contributed by atoms with van der Waals surface area (Å²) in [6, 6.07) is -0.0613. The van der Waals surface area contributed by atoms with Crippen LogP contribution in [0.15, 0.2) is 0 Å². The van der Waals surface area contributed by atoms with Crippen LogP contribution in [0.2, 0.25) is 0 Å². The van der Waals surface area contributed by atoms with E-state index < -0.39 is 12.4 Å². The summed E-state index contributed by atoms with van der Waals surface area (Å²) < 4.78 is 5.00. The van der Waals surface area contributed by atoms with Crippen LogP contribution in [-0.4, -0.2) is 41.8 Å². The van der Waals surface area contributed by atoms with E-state index in [0.29, 0.717) is 6.42 Å². The smallest absolute Gasteiger partial charge is 0.156 e. The maximum absolute atomic E-state index is 9.46. The summed E-state index contributed by atoms with van der Waals surface area (Å²) in [7, 11) is 1.76. The maximum Gasteiger partial charge on any atom is 0.156 e. The molecule has 1 rings (SSSR count). The molecule has 4 unspecified atom stereocenters. The molecule has 0 aliphatic carbocycles. The van der Waals surface area contributed by atoms with Gasteiger partial charge in [-0.05, 0) is 14.0 Å². The van der Waals surface area contributed by atoms with Crippen LogP contribution >= 0.6 is 0 Å². The number of likely N-dealkylation sites (N-methyl/N-ethyl adjacent to an activating group) is 1. The molecule has 4 nitrogen and oxygen atoms in total. The highest BCUT2D eigenvalue weighted by atomic mass is 16.6. The van der Waals surface area contributed by atoms with Crippen molar-refractivity contribution >= 4 is 0 Å². The van der Waals surface area contributed by atoms with E-state index in [1.54, 1.807) is 14.0 Å². The zero-order chi connectivity index (χ0) is 8.43. The number of hydrogen-bond donors (Lipinski definition) is 3. The summed E-state index contributed by atoms with van der Waals surface area (Å²) in [5, 5.41) is 21.5. The summed E-state index contributed by atoms with van der Waals surface area (Å²) in [6.45, 7) is 1.75. The molecule has 1 fully saturated rings. The standard InChI is InChI=1S/C7H15NO3/c1-4-7(10)5(8-2)3-6(9)11-4/h4-10H,3H2,1-2H3. The van der Waals surface area contributed by atoms with E-state index in [9.17, 15) is 5.11 Å². The van der Waals surface area contributed by atoms with Gasteiger partial charge in [-0.25, -0.2) is 0 Å². The lowest BCUT2D eigenvalue weighted by molar-refractivity contribution is -0.201. The number of rotatable bonds is 1. The molecule has 1 heterocycles. The fourth-order valence-corrected chi connectivity index (χ4v) is 1.36. The summed E-state index contributed by atoms with van der Waals surface area (Å²) in [4.78, 5) is 0. The Balaban J connectivity index is 2.51. The van der Waals surface area contributed by atoms with Crippen LogP contribution in [0.4, 0.5) is 0 Å². The molecule has 4 heteroatoms. The molecule has 1 saturated heterocycles. The molecule has 1 aliphatic rings. The van der Waals surface area contributed by atoms with Gasteiger partial charge in [-0.2, -0.15) is 0 Å². The van der Waals surface area contributed by atoms with Gasteiger partial charge >= 0.3 is 0 Å². The molecule has 0 radical (unpaired) electrons. The molecule has 0 spiro atoms. The van der Waals surface area contributed by atoms with E-state index in [1.165, 1.54) is 0 Å². The minimum absolute atomic E-state index is 0.0613. The lowest BCUT2D eigenvalue weighted by Gasteiger charge is -2.35. The Bertz CT molecular complexity index is 131. The van der Waals surface area contributed by atoms with E-state index >= 15 is 0 Å². The molecule has 3 N–H and O–H groups in total. The van der Waals surface area contributed by atoms with Gasteiger partial charge in [-0.1, -0.05) is 0 Å². The molecule has 0 bridgehead atoms. The van der Waals surface area contributed by atoms with Gasteiger partial charge < -0.3 is 20.3 Å². The van der Waals surface area contributed by atoms with Crippen molar-refractivity contribution in [3.63, 3.8) is 0 Å². The Kier molecular flexibility index (Phi) is 2.84. The minimum Gasteiger partial charge on any atom is -0.389 e. The average molecular weight is 161 g/mol. The summed E-state index contributed by atoms with van der Waals surface area (Å²) >= 11 is 0. The molecular formula is C7H15NO3. The second kappa shape index (κ2) is 3.49. The Hall–Kier alpha value is -0.160. The zero-order valence-corrected chi connectivity index (χ0v) is 6.82. The largest absolute Gasteiger partial charge is 0.389 e. The molecule has 11 heavy (non-hydrogen) atoms. The third-order valence-electron chi connectivity index (χ3n) is 2.09. The normalized spacial score (nSPS) is 45.8. The van der Waals surface area contributed by atoms with Crippen molar-refractivity contribution in [1.82, 2.24) is 5.32 Å². The predicted molar refractivity (Wildman–Crippen MR) is 40.0 cm³/mol. The maximum atomic E-state index is 9.46. The molecule has 0 amide bonds. The fraction of sp³-hybridized carbons (Fsp3) is 1.00. The minimum atomic E-state index is -0.745. The fourth-order valence-electron chi connectivity index (χ4n) is 1.36. The van der Waals surface area contributed by atoms with Crippen LogP contribution in [0.25, 0.3) is 0 Å². The molecule has 4 atom stereocenters. The van der Waals surface area contributed by atoms with Crippen LogP contribution in [-0.2, 0) is 4.74 Å². The van der Waals surface area contributed by atoms with Crippen molar-refractivity contribution < 1.29 is 14.9 Å². The molecule has 0 aromatic rings. The predicted octanol–water partition coefficient (Wildman–Crippen LogP) is -0.938. The average Bonchev–Trinajstić information content (AvgIpc) is 1.96. The summed E-state index contributed by atoms with van der Waals surface area (Å²) in [6.07, 6.45) is -1.12. The van der Waals surface area contributed by atoms with Crippen LogP contribution < -0.4 is 5.32 Å². The van der Waals surface area contributed by atoms with Crippen molar-refractivity contribution in [3.8, 4) is 0 Å². The van der Waals surface area contributed by atoms with Gasteiger partial charge in [0.05, 0.1) is 12.2 Å². The van der Waals surface area contributed by atoms with Crippen molar-refractivity contribution in [3.05, 3.63) is 0 Å². The van der Waals surface area contributed by atoms with Gasteiger partial charge in [0.1, 0.15) is 0 Å². The Morgan fingerprint density at radius 2 is 2.09 bits per heavy atom. The van der Waals surface area contributed by atoms with Crippen molar-refractivity contribution in [2.45, 2.75) is 37.9 Å². The summed E-state index contributed by atoms with van der Waals surface area (Å²) in [5.74, 6) is 0. The second-order valence-electron chi connectivity index (χ2n) is 2.92. The Morgan fingerprint density at radius 1 is 1.45 bits per heavy atom. The first-order chi connectivity index (χ1) is 5.15. The topological polar surface area (TPSA) is 61.7 Å². The van der Waals surface area contributed by atoms with Crippen LogP contribution in [0.1, 0.15) is 13.3 Å². The SMILES string of the molecule is CNC1CC(O)OC(C)C1O. The Labute approximate surface area is 66.2 Å². The quantitative estimate of drug-likeness (QED) is 0.464. The molecular weight excluding hydrogens is 146 g/mol. The Morgan fingerprint density at radius 3 is 2.64 bits per heavy atom. The lowest BCUT2D eigenvalue weighted by Crippen LogP contribution is -2.52. The first kappa shape index (κ1) is 8.93. The first-order valence-electron chi connectivity index (χ1n) is 3.84. The van der Waals surface area contributed by atoms with Gasteiger partial charge in [0.2, 0.25) is 0 Å². The number of nitrogens with one attached hydrogen (secondary N) is 1. The molecule has 0 aromatic heterocycles. The van der Waals surface area contributed by atoms with E-state index in [2.05, 4.69) is 5.32 Å². The van der Waals surface area contributed by atoms with Gasteiger partial charge in [0, 0.05) is 12.5 Å². The number of aliphatic hydroxyl groups is 2. The highest BCUT2D eigenvalue weighted by molar-refractivity contribution is 4.84. The van der Waals surface area contributed by atoms with E-state index in [4.69, 9.17) is 9.84 Å².